The fraction of sp³-hybridized carbons (Fsp3) is 0.438. The van der Waals surface area contributed by atoms with E-state index in [0.29, 0.717) is 6.61 Å². The van der Waals surface area contributed by atoms with Crippen molar-refractivity contribution in [2.75, 3.05) is 0 Å². The van der Waals surface area contributed by atoms with Gasteiger partial charge in [0.2, 0.25) is 0 Å². The molecule has 2 aromatic rings. The molecule has 0 atom stereocenters. The maximum atomic E-state index is 6.23. The normalized spacial score (nSPS) is 12.7. The predicted molar refractivity (Wildman–Crippen MR) is 86.0 cm³/mol. The molecule has 0 bridgehead atoms. The van der Waals surface area contributed by atoms with Crippen LogP contribution in [0.15, 0.2) is 36.5 Å². The second kappa shape index (κ2) is 5.54. The van der Waals surface area contributed by atoms with E-state index in [-0.39, 0.29) is 5.04 Å². The highest BCUT2D eigenvalue weighted by atomic mass is 28.4. The number of hydrogen-bond acceptors (Lipinski definition) is 2. The van der Waals surface area contributed by atoms with Crippen LogP contribution in [0.3, 0.4) is 0 Å². The molecule has 20 heavy (non-hydrogen) atoms. The Labute approximate surface area is 122 Å². The second-order valence-corrected chi connectivity index (χ2v) is 11.5. The third kappa shape index (κ3) is 3.38. The summed E-state index contributed by atoms with van der Waals surface area (Å²) in [4.78, 5) is 0. The van der Waals surface area contributed by atoms with E-state index in [1.165, 1.54) is 5.56 Å². The molecular formula is C16H24N2OSi. The summed E-state index contributed by atoms with van der Waals surface area (Å²) >= 11 is 0. The molecule has 1 aromatic heterocycles. The molecule has 108 valence electrons. The number of nitrogens with zero attached hydrogens (tertiary/aromatic N) is 1. The predicted octanol–water partition coefficient (Wildman–Crippen LogP) is 4.60. The molecule has 4 heteroatoms. The van der Waals surface area contributed by atoms with E-state index in [4.69, 9.17) is 4.43 Å². The highest BCUT2D eigenvalue weighted by Gasteiger charge is 2.36. The van der Waals surface area contributed by atoms with Gasteiger partial charge in [-0.1, -0.05) is 45.0 Å². The summed E-state index contributed by atoms with van der Waals surface area (Å²) in [6, 6.07) is 10.4. The van der Waals surface area contributed by atoms with Gasteiger partial charge in [0.25, 0.3) is 0 Å². The minimum atomic E-state index is -1.67. The van der Waals surface area contributed by atoms with Gasteiger partial charge in [-0.2, -0.15) is 5.10 Å². The first-order valence-electron chi connectivity index (χ1n) is 7.02. The van der Waals surface area contributed by atoms with Crippen molar-refractivity contribution in [2.24, 2.45) is 0 Å². The van der Waals surface area contributed by atoms with E-state index in [9.17, 15) is 0 Å². The number of rotatable bonds is 4. The quantitative estimate of drug-likeness (QED) is 0.835. The van der Waals surface area contributed by atoms with Crippen LogP contribution in [0.2, 0.25) is 18.1 Å². The first-order valence-corrected chi connectivity index (χ1v) is 9.93. The first kappa shape index (κ1) is 15.0. The van der Waals surface area contributed by atoms with E-state index in [1.807, 2.05) is 6.07 Å². The topological polar surface area (TPSA) is 37.9 Å². The van der Waals surface area contributed by atoms with E-state index in [2.05, 4.69) is 68.3 Å². The van der Waals surface area contributed by atoms with Crippen LogP contribution in [-0.2, 0) is 11.0 Å². The minimum absolute atomic E-state index is 0.253. The van der Waals surface area contributed by atoms with Crippen molar-refractivity contribution in [3.05, 3.63) is 42.1 Å². The smallest absolute Gasteiger partial charge is 0.192 e. The van der Waals surface area contributed by atoms with Gasteiger partial charge in [0.05, 0.1) is 12.3 Å². The fourth-order valence-corrected chi connectivity index (χ4v) is 2.64. The van der Waals surface area contributed by atoms with Crippen LogP contribution in [0.25, 0.3) is 11.3 Å². The molecule has 3 nitrogen and oxygen atoms in total. The van der Waals surface area contributed by atoms with Gasteiger partial charge in [-0.05, 0) is 35.3 Å². The first-order chi connectivity index (χ1) is 9.29. The van der Waals surface area contributed by atoms with Crippen LogP contribution < -0.4 is 0 Å². The largest absolute Gasteiger partial charge is 0.413 e. The van der Waals surface area contributed by atoms with Gasteiger partial charge in [0.1, 0.15) is 0 Å². The molecule has 0 spiro atoms. The highest BCUT2D eigenvalue weighted by molar-refractivity contribution is 6.74. The molecule has 0 amide bonds. The van der Waals surface area contributed by atoms with Crippen LogP contribution >= 0.6 is 0 Å². The molecule has 0 saturated carbocycles. The lowest BCUT2D eigenvalue weighted by Gasteiger charge is -2.36. The number of H-pyrrole nitrogens is 1. The van der Waals surface area contributed by atoms with E-state index in [0.717, 1.165) is 11.3 Å². The van der Waals surface area contributed by atoms with Crippen molar-refractivity contribution in [1.29, 1.82) is 0 Å². The fourth-order valence-electron chi connectivity index (χ4n) is 1.68. The van der Waals surface area contributed by atoms with Crippen molar-refractivity contribution in [3.8, 4) is 11.3 Å². The van der Waals surface area contributed by atoms with Gasteiger partial charge in [-0.25, -0.2) is 0 Å². The summed E-state index contributed by atoms with van der Waals surface area (Å²) in [5.41, 5.74) is 3.42. The Morgan fingerprint density at radius 3 is 2.25 bits per heavy atom. The molecule has 0 aliphatic rings. The SMILES string of the molecule is CC(C)(C)[Si](C)(C)OCc1ccc(-c2ccn[nH]2)cc1. The van der Waals surface area contributed by atoms with Gasteiger partial charge in [0, 0.05) is 6.20 Å². The Kier molecular flexibility index (Phi) is 4.16. The molecular weight excluding hydrogens is 264 g/mol. The van der Waals surface area contributed by atoms with E-state index < -0.39 is 8.32 Å². The Balaban J connectivity index is 2.02. The summed E-state index contributed by atoms with van der Waals surface area (Å²) < 4.78 is 6.23. The van der Waals surface area contributed by atoms with Gasteiger partial charge in [-0.15, -0.1) is 0 Å². The molecule has 1 aromatic carbocycles. The molecule has 0 aliphatic carbocycles. The number of benzene rings is 1. The van der Waals surface area contributed by atoms with Crippen LogP contribution in [-0.4, -0.2) is 18.5 Å². The standard InChI is InChI=1S/C16H24N2OSi/c1-16(2,3)20(4,5)19-12-13-6-8-14(9-7-13)15-10-11-17-18-15/h6-11H,12H2,1-5H3,(H,17,18). The number of aromatic amines is 1. The van der Waals surface area contributed by atoms with Crippen molar-refractivity contribution in [1.82, 2.24) is 10.2 Å². The Bertz CT molecular complexity index is 539. The molecule has 0 radical (unpaired) electrons. The third-order valence-corrected chi connectivity index (χ3v) is 8.65. The number of hydrogen-bond donors (Lipinski definition) is 1. The van der Waals surface area contributed by atoms with Gasteiger partial charge in [0.15, 0.2) is 8.32 Å². The maximum absolute atomic E-state index is 6.23. The van der Waals surface area contributed by atoms with Crippen molar-refractivity contribution in [2.45, 2.75) is 45.5 Å². The molecule has 2 rings (SSSR count). The monoisotopic (exact) mass is 288 g/mol. The summed E-state index contributed by atoms with van der Waals surface area (Å²) in [6.45, 7) is 12.1. The number of nitrogens with one attached hydrogen (secondary N) is 1. The lowest BCUT2D eigenvalue weighted by atomic mass is 10.1. The molecule has 1 N–H and O–H groups in total. The van der Waals surface area contributed by atoms with Crippen molar-refractivity contribution >= 4 is 8.32 Å². The van der Waals surface area contributed by atoms with Gasteiger partial charge < -0.3 is 4.43 Å². The van der Waals surface area contributed by atoms with Crippen LogP contribution in [0.5, 0.6) is 0 Å². The zero-order chi connectivity index (χ0) is 14.8. The molecule has 0 aliphatic heterocycles. The third-order valence-electron chi connectivity index (χ3n) is 4.17. The second-order valence-electron chi connectivity index (χ2n) is 6.72. The zero-order valence-electron chi connectivity index (χ0n) is 13.0. The van der Waals surface area contributed by atoms with Crippen LogP contribution in [0, 0.1) is 0 Å². The Hall–Kier alpha value is -1.39. The molecule has 0 saturated heterocycles. The lowest BCUT2D eigenvalue weighted by Crippen LogP contribution is -2.40. The average Bonchev–Trinajstić information content (AvgIpc) is 2.89. The van der Waals surface area contributed by atoms with Gasteiger partial charge >= 0.3 is 0 Å². The van der Waals surface area contributed by atoms with Gasteiger partial charge in [-0.3, -0.25) is 5.10 Å². The van der Waals surface area contributed by atoms with Crippen LogP contribution in [0.1, 0.15) is 26.3 Å². The molecule has 1 heterocycles. The lowest BCUT2D eigenvalue weighted by molar-refractivity contribution is 0.276. The van der Waals surface area contributed by atoms with E-state index >= 15 is 0 Å². The minimum Gasteiger partial charge on any atom is -0.413 e. The Morgan fingerprint density at radius 2 is 1.75 bits per heavy atom. The molecule has 0 fully saturated rings. The van der Waals surface area contributed by atoms with E-state index in [1.54, 1.807) is 6.20 Å². The zero-order valence-corrected chi connectivity index (χ0v) is 14.0. The van der Waals surface area contributed by atoms with Crippen molar-refractivity contribution in [3.63, 3.8) is 0 Å². The summed E-state index contributed by atoms with van der Waals surface area (Å²) in [5.74, 6) is 0. The summed E-state index contributed by atoms with van der Waals surface area (Å²) in [6.07, 6.45) is 1.77. The Morgan fingerprint density at radius 1 is 1.10 bits per heavy atom. The maximum Gasteiger partial charge on any atom is 0.192 e. The highest BCUT2D eigenvalue weighted by Crippen LogP contribution is 2.37. The van der Waals surface area contributed by atoms with Crippen molar-refractivity contribution < 1.29 is 4.43 Å². The summed E-state index contributed by atoms with van der Waals surface area (Å²) in [5, 5.41) is 7.20. The summed E-state index contributed by atoms with van der Waals surface area (Å²) in [7, 11) is -1.67. The molecule has 0 unspecified atom stereocenters. The average molecular weight is 288 g/mol. The number of aromatic nitrogens is 2. The van der Waals surface area contributed by atoms with Crippen LogP contribution in [0.4, 0.5) is 0 Å².